The molecule has 0 saturated heterocycles. The van der Waals surface area contributed by atoms with Crippen molar-refractivity contribution < 1.29 is 13.3 Å². The molecule has 14 heavy (non-hydrogen) atoms. The van der Waals surface area contributed by atoms with Crippen molar-refractivity contribution in [3.05, 3.63) is 0 Å². The number of rotatable bonds is 7. The predicted octanol–water partition coefficient (Wildman–Crippen LogP) is 2.83. The summed E-state index contributed by atoms with van der Waals surface area (Å²) in [5.74, 6) is 0. The normalized spacial score (nSPS) is 12.9. The van der Waals surface area contributed by atoms with Crippen molar-refractivity contribution >= 4 is 8.80 Å². The maximum absolute atomic E-state index is 5.83. The van der Waals surface area contributed by atoms with E-state index in [-0.39, 0.29) is 12.2 Å². The van der Waals surface area contributed by atoms with Crippen LogP contribution in [0.15, 0.2) is 0 Å². The summed E-state index contributed by atoms with van der Waals surface area (Å²) in [6, 6.07) is 0.831. The Balaban J connectivity index is 4.42. The Bertz CT molecular complexity index is 138. The van der Waals surface area contributed by atoms with Crippen molar-refractivity contribution in [1.82, 2.24) is 0 Å². The highest BCUT2D eigenvalue weighted by molar-refractivity contribution is 6.60. The lowest BCUT2D eigenvalue weighted by atomic mass is 10.5. The van der Waals surface area contributed by atoms with Crippen LogP contribution in [0.4, 0.5) is 0 Å². The third kappa shape index (κ3) is 5.10. The molecule has 0 amide bonds. The molecular formula is C10H24O3Si. The van der Waals surface area contributed by atoms with Gasteiger partial charge in [-0.2, -0.15) is 0 Å². The topological polar surface area (TPSA) is 27.7 Å². The van der Waals surface area contributed by atoms with E-state index >= 15 is 0 Å². The second-order valence-corrected chi connectivity index (χ2v) is 6.64. The maximum Gasteiger partial charge on any atom is 0.501 e. The van der Waals surface area contributed by atoms with Crippen molar-refractivity contribution in [3.63, 3.8) is 0 Å². The molecule has 0 fully saturated rings. The SMILES string of the molecule is CCO[Si](CC)(OC(C)C)OC(C)C. The second-order valence-electron chi connectivity index (χ2n) is 3.80. The van der Waals surface area contributed by atoms with Gasteiger partial charge in [0, 0.05) is 24.9 Å². The Morgan fingerprint density at radius 3 is 1.57 bits per heavy atom. The quantitative estimate of drug-likeness (QED) is 0.617. The standard InChI is InChI=1S/C10H24O3Si/c1-7-11-14(8-2,12-9(3)4)13-10(5)6/h9-10H,7-8H2,1-6H3. The molecule has 0 aromatic carbocycles. The first-order chi connectivity index (χ1) is 6.45. The van der Waals surface area contributed by atoms with E-state index in [0.29, 0.717) is 6.61 Å². The molecule has 0 atom stereocenters. The summed E-state index contributed by atoms with van der Waals surface area (Å²) in [7, 11) is -2.40. The van der Waals surface area contributed by atoms with Gasteiger partial charge >= 0.3 is 8.80 Å². The van der Waals surface area contributed by atoms with Crippen molar-refractivity contribution in [2.45, 2.75) is 59.8 Å². The van der Waals surface area contributed by atoms with E-state index in [9.17, 15) is 0 Å². The van der Waals surface area contributed by atoms with E-state index in [4.69, 9.17) is 13.3 Å². The maximum atomic E-state index is 5.83. The summed E-state index contributed by atoms with van der Waals surface area (Å²) in [4.78, 5) is 0. The van der Waals surface area contributed by atoms with E-state index in [1.165, 1.54) is 0 Å². The lowest BCUT2D eigenvalue weighted by molar-refractivity contribution is 0.0232. The molecule has 4 heteroatoms. The van der Waals surface area contributed by atoms with Gasteiger partial charge in [-0.05, 0) is 34.6 Å². The van der Waals surface area contributed by atoms with E-state index in [2.05, 4.69) is 6.92 Å². The van der Waals surface area contributed by atoms with Crippen LogP contribution in [0.25, 0.3) is 0 Å². The Hall–Kier alpha value is 0.0969. The van der Waals surface area contributed by atoms with Crippen LogP contribution in [0.1, 0.15) is 41.5 Å². The zero-order valence-corrected chi connectivity index (χ0v) is 11.3. The highest BCUT2D eigenvalue weighted by atomic mass is 28.4. The largest absolute Gasteiger partial charge is 0.501 e. The summed E-state index contributed by atoms with van der Waals surface area (Å²) >= 11 is 0. The minimum atomic E-state index is -2.40. The van der Waals surface area contributed by atoms with Gasteiger partial charge in [0.25, 0.3) is 0 Å². The fraction of sp³-hybridized carbons (Fsp3) is 1.00. The minimum absolute atomic E-state index is 0.159. The first-order valence-corrected chi connectivity index (χ1v) is 7.38. The molecule has 0 aliphatic carbocycles. The fourth-order valence-electron chi connectivity index (χ4n) is 1.30. The van der Waals surface area contributed by atoms with E-state index in [0.717, 1.165) is 6.04 Å². The molecule has 0 aromatic heterocycles. The predicted molar refractivity (Wildman–Crippen MR) is 60.3 cm³/mol. The summed E-state index contributed by atoms with van der Waals surface area (Å²) in [6.45, 7) is 12.7. The number of hydrogen-bond donors (Lipinski definition) is 0. The van der Waals surface area contributed by atoms with Gasteiger partial charge in [0.15, 0.2) is 0 Å². The van der Waals surface area contributed by atoms with Crippen molar-refractivity contribution in [2.75, 3.05) is 6.61 Å². The van der Waals surface area contributed by atoms with Crippen LogP contribution in [0.2, 0.25) is 6.04 Å². The second kappa shape index (κ2) is 6.56. The molecule has 0 heterocycles. The lowest BCUT2D eigenvalue weighted by Crippen LogP contribution is -2.48. The monoisotopic (exact) mass is 220 g/mol. The molecule has 0 rings (SSSR count). The highest BCUT2D eigenvalue weighted by Gasteiger charge is 2.40. The molecule has 0 spiro atoms. The highest BCUT2D eigenvalue weighted by Crippen LogP contribution is 2.19. The van der Waals surface area contributed by atoms with Gasteiger partial charge in [0.05, 0.1) is 0 Å². The first kappa shape index (κ1) is 14.1. The Morgan fingerprint density at radius 2 is 1.36 bits per heavy atom. The van der Waals surface area contributed by atoms with E-state index in [1.807, 2.05) is 34.6 Å². The van der Waals surface area contributed by atoms with Gasteiger partial charge in [0.1, 0.15) is 0 Å². The molecule has 0 aliphatic rings. The van der Waals surface area contributed by atoms with Crippen molar-refractivity contribution in [3.8, 4) is 0 Å². The number of hydrogen-bond acceptors (Lipinski definition) is 3. The van der Waals surface area contributed by atoms with Crippen LogP contribution < -0.4 is 0 Å². The summed E-state index contributed by atoms with van der Waals surface area (Å²) in [5, 5.41) is 0. The van der Waals surface area contributed by atoms with Gasteiger partial charge in [-0.3, -0.25) is 0 Å². The average Bonchev–Trinajstić information content (AvgIpc) is 2.02. The van der Waals surface area contributed by atoms with E-state index in [1.54, 1.807) is 0 Å². The van der Waals surface area contributed by atoms with Crippen LogP contribution in [-0.4, -0.2) is 27.6 Å². The molecule has 3 nitrogen and oxygen atoms in total. The molecule has 0 N–H and O–H groups in total. The van der Waals surface area contributed by atoms with Crippen LogP contribution in [0, 0.1) is 0 Å². The van der Waals surface area contributed by atoms with Crippen LogP contribution >= 0.6 is 0 Å². The zero-order valence-electron chi connectivity index (χ0n) is 10.3. The Morgan fingerprint density at radius 1 is 0.929 bits per heavy atom. The zero-order chi connectivity index (χ0) is 11.2. The van der Waals surface area contributed by atoms with Gasteiger partial charge in [-0.25, -0.2) is 0 Å². The van der Waals surface area contributed by atoms with Gasteiger partial charge in [-0.1, -0.05) is 6.92 Å². The minimum Gasteiger partial charge on any atom is -0.374 e. The van der Waals surface area contributed by atoms with Gasteiger partial charge < -0.3 is 13.3 Å². The molecule has 0 bridgehead atoms. The van der Waals surface area contributed by atoms with Gasteiger partial charge in [0.2, 0.25) is 0 Å². The molecule has 86 valence electrons. The van der Waals surface area contributed by atoms with E-state index < -0.39 is 8.80 Å². The molecule has 0 unspecified atom stereocenters. The molecular weight excluding hydrogens is 196 g/mol. The molecule has 0 aliphatic heterocycles. The summed E-state index contributed by atoms with van der Waals surface area (Å²) in [6.07, 6.45) is 0.318. The average molecular weight is 220 g/mol. The van der Waals surface area contributed by atoms with Crippen LogP contribution in [0.3, 0.4) is 0 Å². The van der Waals surface area contributed by atoms with Gasteiger partial charge in [-0.15, -0.1) is 0 Å². The van der Waals surface area contributed by atoms with Crippen molar-refractivity contribution in [1.29, 1.82) is 0 Å². The Kier molecular flexibility index (Phi) is 6.60. The molecule has 0 saturated carbocycles. The third-order valence-corrected chi connectivity index (χ3v) is 4.88. The van der Waals surface area contributed by atoms with Crippen molar-refractivity contribution in [2.24, 2.45) is 0 Å². The first-order valence-electron chi connectivity index (χ1n) is 5.45. The third-order valence-electron chi connectivity index (χ3n) is 1.63. The smallest absolute Gasteiger partial charge is 0.374 e. The summed E-state index contributed by atoms with van der Waals surface area (Å²) < 4.78 is 17.4. The summed E-state index contributed by atoms with van der Waals surface area (Å²) in [5.41, 5.74) is 0. The fourth-order valence-corrected chi connectivity index (χ4v) is 3.91. The Labute approximate surface area is 89.1 Å². The van der Waals surface area contributed by atoms with Crippen LogP contribution in [0.5, 0.6) is 0 Å². The lowest BCUT2D eigenvalue weighted by Gasteiger charge is -2.31. The molecule has 0 aromatic rings. The van der Waals surface area contributed by atoms with Crippen LogP contribution in [-0.2, 0) is 13.3 Å². The molecule has 0 radical (unpaired) electrons.